The van der Waals surface area contributed by atoms with Crippen LogP contribution in [-0.4, -0.2) is 66.6 Å². The molecule has 4 saturated heterocycles. The Labute approximate surface area is 253 Å². The number of aromatic nitrogens is 1. The number of nitrogens with zero attached hydrogens (tertiary/aromatic N) is 4. The van der Waals surface area contributed by atoms with Crippen molar-refractivity contribution >= 4 is 11.4 Å². The predicted molar refractivity (Wildman–Crippen MR) is 161 cm³/mol. The number of hydrogen-bond donors (Lipinski definition) is 1. The van der Waals surface area contributed by atoms with E-state index in [1.807, 2.05) is 6.07 Å². The maximum Gasteiger partial charge on any atom is 0.215 e. The maximum absolute atomic E-state index is 14.5. The van der Waals surface area contributed by atoms with E-state index >= 15 is 0 Å². The smallest absolute Gasteiger partial charge is 0.215 e. The Balaban J connectivity index is 1.19. The minimum Gasteiger partial charge on any atom is -0.476 e. The van der Waals surface area contributed by atoms with Crippen molar-refractivity contribution in [3.8, 4) is 11.9 Å². The SMILES string of the molecule is C[C@H]1CC[C@]2(Cc3nc(OC[C@@]45CCCN4C[C@H](F)C5)cc(N4CC[C@@]45CCCOC5)c3CO2)c2c1ccc(N)c2C#N. The van der Waals surface area contributed by atoms with Gasteiger partial charge in [0.25, 0.3) is 0 Å². The highest BCUT2D eigenvalue weighted by atomic mass is 19.1. The molecule has 0 unspecified atom stereocenters. The van der Waals surface area contributed by atoms with Gasteiger partial charge in [-0.05, 0) is 69.0 Å². The second-order valence-corrected chi connectivity index (χ2v) is 14.1. The zero-order valence-electron chi connectivity index (χ0n) is 25.2. The highest BCUT2D eigenvalue weighted by Gasteiger charge is 2.51. The van der Waals surface area contributed by atoms with Crippen LogP contribution in [0.3, 0.4) is 0 Å². The molecule has 6 heterocycles. The molecule has 2 spiro atoms. The van der Waals surface area contributed by atoms with E-state index in [4.69, 9.17) is 24.9 Å². The summed E-state index contributed by atoms with van der Waals surface area (Å²) < 4.78 is 34.0. The van der Waals surface area contributed by atoms with Crippen LogP contribution >= 0.6 is 0 Å². The summed E-state index contributed by atoms with van der Waals surface area (Å²) in [7, 11) is 0. The number of hydrogen-bond acceptors (Lipinski definition) is 8. The minimum atomic E-state index is -0.796. The average Bonchev–Trinajstić information content (AvgIpc) is 3.53. The first kappa shape index (κ1) is 27.6. The molecule has 0 radical (unpaired) electrons. The summed E-state index contributed by atoms with van der Waals surface area (Å²) in [6.45, 7) is 7.03. The lowest BCUT2D eigenvalue weighted by Crippen LogP contribution is -2.64. The summed E-state index contributed by atoms with van der Waals surface area (Å²) in [5.74, 6) is 0.925. The largest absolute Gasteiger partial charge is 0.476 e. The Bertz CT molecular complexity index is 1490. The van der Waals surface area contributed by atoms with Gasteiger partial charge in [0.1, 0.15) is 24.4 Å². The van der Waals surface area contributed by atoms with E-state index in [-0.39, 0.29) is 11.1 Å². The van der Waals surface area contributed by atoms with Crippen molar-refractivity contribution in [1.82, 2.24) is 9.88 Å². The number of rotatable bonds is 4. The minimum absolute atomic E-state index is 0.00289. The van der Waals surface area contributed by atoms with Crippen molar-refractivity contribution in [2.75, 3.05) is 50.1 Å². The van der Waals surface area contributed by atoms with E-state index in [0.717, 1.165) is 99.3 Å². The highest BCUT2D eigenvalue weighted by molar-refractivity contribution is 5.65. The van der Waals surface area contributed by atoms with Gasteiger partial charge in [0.15, 0.2) is 0 Å². The van der Waals surface area contributed by atoms with Crippen molar-refractivity contribution in [2.45, 2.75) is 100 Å². The topological polar surface area (TPSA) is 96.9 Å². The highest BCUT2D eigenvalue weighted by Crippen LogP contribution is 2.53. The Hall–Kier alpha value is -2.93. The van der Waals surface area contributed by atoms with E-state index in [9.17, 15) is 9.65 Å². The molecule has 8 rings (SSSR count). The molecule has 2 aromatic rings. The number of nitriles is 1. The summed E-state index contributed by atoms with van der Waals surface area (Å²) in [4.78, 5) is 9.97. The molecule has 1 aromatic carbocycles. The maximum atomic E-state index is 14.5. The Morgan fingerprint density at radius 1 is 1.21 bits per heavy atom. The molecule has 0 bridgehead atoms. The second kappa shape index (κ2) is 10.0. The molecule has 5 atom stereocenters. The molecule has 43 heavy (non-hydrogen) atoms. The summed E-state index contributed by atoms with van der Waals surface area (Å²) in [6.07, 6.45) is 7.38. The van der Waals surface area contributed by atoms with Gasteiger partial charge in [-0.1, -0.05) is 13.0 Å². The van der Waals surface area contributed by atoms with Gasteiger partial charge in [-0.15, -0.1) is 0 Å². The third-order valence-corrected chi connectivity index (χ3v) is 11.7. The number of halogens is 1. The van der Waals surface area contributed by atoms with E-state index in [1.165, 1.54) is 0 Å². The number of nitrogens with two attached hydrogens (primary N) is 1. The molecule has 9 heteroatoms. The lowest BCUT2D eigenvalue weighted by molar-refractivity contribution is -0.0874. The van der Waals surface area contributed by atoms with E-state index in [1.54, 1.807) is 0 Å². The normalized spacial score (nSPS) is 34.9. The van der Waals surface area contributed by atoms with Gasteiger partial charge in [-0.2, -0.15) is 5.26 Å². The number of pyridine rings is 1. The number of anilines is 2. The molecular formula is C34H42FN5O3. The lowest BCUT2D eigenvalue weighted by atomic mass is 9.69. The predicted octanol–water partition coefficient (Wildman–Crippen LogP) is 5.12. The Morgan fingerprint density at radius 3 is 2.91 bits per heavy atom. The van der Waals surface area contributed by atoms with Crippen molar-refractivity contribution in [3.05, 3.63) is 46.1 Å². The monoisotopic (exact) mass is 587 g/mol. The van der Waals surface area contributed by atoms with Crippen LogP contribution < -0.4 is 15.4 Å². The van der Waals surface area contributed by atoms with E-state index in [0.29, 0.717) is 55.6 Å². The van der Waals surface area contributed by atoms with Gasteiger partial charge in [0, 0.05) is 61.1 Å². The molecule has 5 aliphatic heterocycles. The fraction of sp³-hybridized carbons (Fsp3) is 0.647. The first-order valence-electron chi connectivity index (χ1n) is 16.2. The number of alkyl halides is 1. The van der Waals surface area contributed by atoms with Crippen molar-refractivity contribution in [1.29, 1.82) is 5.26 Å². The van der Waals surface area contributed by atoms with Gasteiger partial charge in [0.05, 0.1) is 35.5 Å². The summed E-state index contributed by atoms with van der Waals surface area (Å²) in [6, 6.07) is 8.44. The molecule has 0 saturated carbocycles. The van der Waals surface area contributed by atoms with E-state index in [2.05, 4.69) is 34.9 Å². The molecule has 0 amide bonds. The first-order chi connectivity index (χ1) is 20.9. The third-order valence-electron chi connectivity index (χ3n) is 11.7. The standard InChI is InChI=1S/C34H42FN5O3/c1-22-6-9-34(31-24(22)4-5-27(37)25(31)17-36)16-28-26(19-43-34)29(40-12-10-32(40)8-3-13-41-20-32)14-30(38-28)42-21-33-7-2-11-39(33)18-23(35)15-33/h4-5,14,22-23H,2-3,6-13,15-16,18-21,37H2,1H3/t22-,23+,32+,33-,34-/m0/s1. The summed E-state index contributed by atoms with van der Waals surface area (Å²) in [5.41, 5.74) is 11.8. The summed E-state index contributed by atoms with van der Waals surface area (Å²) in [5, 5.41) is 10.2. The quantitative estimate of drug-likeness (QED) is 0.493. The van der Waals surface area contributed by atoms with Crippen LogP contribution in [-0.2, 0) is 28.1 Å². The number of ether oxygens (including phenoxy) is 3. The van der Waals surface area contributed by atoms with Crippen LogP contribution in [0.15, 0.2) is 18.2 Å². The molecular weight excluding hydrogens is 545 g/mol. The van der Waals surface area contributed by atoms with Gasteiger partial charge < -0.3 is 24.8 Å². The van der Waals surface area contributed by atoms with Crippen LogP contribution in [0.1, 0.15) is 92.2 Å². The first-order valence-corrected chi connectivity index (χ1v) is 16.2. The van der Waals surface area contributed by atoms with Gasteiger partial charge in [-0.3, -0.25) is 4.90 Å². The lowest BCUT2D eigenvalue weighted by Gasteiger charge is -2.56. The number of nitrogen functional groups attached to an aromatic ring is 1. The van der Waals surface area contributed by atoms with Gasteiger partial charge in [-0.25, -0.2) is 9.37 Å². The molecule has 1 aliphatic carbocycles. The Morgan fingerprint density at radius 2 is 2.12 bits per heavy atom. The average molecular weight is 588 g/mol. The fourth-order valence-electron chi connectivity index (χ4n) is 9.26. The van der Waals surface area contributed by atoms with Crippen molar-refractivity contribution in [2.24, 2.45) is 0 Å². The summed E-state index contributed by atoms with van der Waals surface area (Å²) >= 11 is 0. The number of fused-ring (bicyclic) bond motifs is 4. The van der Waals surface area contributed by atoms with Crippen LogP contribution in [0.2, 0.25) is 0 Å². The number of benzene rings is 1. The zero-order chi connectivity index (χ0) is 29.4. The Kier molecular flexibility index (Phi) is 6.45. The zero-order valence-corrected chi connectivity index (χ0v) is 25.2. The molecule has 8 nitrogen and oxygen atoms in total. The molecule has 2 N–H and O–H groups in total. The molecule has 6 aliphatic rings. The molecule has 1 aromatic heterocycles. The van der Waals surface area contributed by atoms with Crippen molar-refractivity contribution < 1.29 is 18.6 Å². The van der Waals surface area contributed by atoms with Crippen LogP contribution in [0.5, 0.6) is 5.88 Å². The molecule has 228 valence electrons. The van der Waals surface area contributed by atoms with Crippen LogP contribution in [0.4, 0.5) is 15.8 Å². The molecule has 4 fully saturated rings. The van der Waals surface area contributed by atoms with Crippen LogP contribution in [0.25, 0.3) is 0 Å². The second-order valence-electron chi connectivity index (χ2n) is 14.1. The van der Waals surface area contributed by atoms with E-state index < -0.39 is 11.8 Å². The van der Waals surface area contributed by atoms with Crippen molar-refractivity contribution in [3.63, 3.8) is 0 Å². The third kappa shape index (κ3) is 4.20. The van der Waals surface area contributed by atoms with Gasteiger partial charge in [0.2, 0.25) is 5.88 Å². The van der Waals surface area contributed by atoms with Crippen LogP contribution in [0, 0.1) is 11.3 Å². The van der Waals surface area contributed by atoms with Gasteiger partial charge >= 0.3 is 0 Å². The fourth-order valence-corrected chi connectivity index (χ4v) is 9.26.